The molecule has 1 fully saturated rings. The molecular weight excluding hydrogens is 674 g/mol. The predicted octanol–water partition coefficient (Wildman–Crippen LogP) is 4.51. The third kappa shape index (κ3) is 9.13. The van der Waals surface area contributed by atoms with E-state index in [4.69, 9.17) is 15.5 Å². The van der Waals surface area contributed by atoms with Crippen molar-refractivity contribution in [3.8, 4) is 5.75 Å². The zero-order valence-corrected chi connectivity index (χ0v) is 25.7. The molecule has 7 heteroatoms. The fraction of sp³-hybridized carbons (Fsp3) is 0.276. The fourth-order valence-electron chi connectivity index (χ4n) is 3.75. The summed E-state index contributed by atoms with van der Waals surface area (Å²) < 4.78 is 5.18. The molecule has 0 bridgehead atoms. The van der Waals surface area contributed by atoms with Gasteiger partial charge in [0.05, 0.1) is 12.8 Å². The van der Waals surface area contributed by atoms with E-state index in [-0.39, 0.29) is 50.1 Å². The van der Waals surface area contributed by atoms with Crippen molar-refractivity contribution < 1.29 is 40.6 Å². The average molecular weight is 711 g/mol. The molecular formula is C29H36N4O2U. The number of carbonyl (C=O) groups is 1. The Balaban J connectivity index is 0.00000324. The van der Waals surface area contributed by atoms with E-state index in [1.165, 1.54) is 5.56 Å². The number of hydrogen-bond acceptors (Lipinski definition) is 5. The molecule has 0 aromatic heterocycles. The van der Waals surface area contributed by atoms with Crippen molar-refractivity contribution in [2.24, 2.45) is 10.7 Å². The first-order valence-electron chi connectivity index (χ1n) is 11.5. The number of ether oxygens (including phenoxy) is 1. The summed E-state index contributed by atoms with van der Waals surface area (Å²) in [6.45, 7) is 9.62. The van der Waals surface area contributed by atoms with Crippen LogP contribution < -0.4 is 10.5 Å². The number of amides is 1. The molecule has 2 aromatic carbocycles. The molecule has 1 aliphatic rings. The Morgan fingerprint density at radius 1 is 1.17 bits per heavy atom. The average Bonchev–Trinajstić information content (AvgIpc) is 2.88. The Labute approximate surface area is 240 Å². The molecule has 0 radical (unpaired) electrons. The molecule has 0 unspecified atom stereocenters. The number of carbonyl (C=O) groups excluding carboxylic acids is 1. The first kappa shape index (κ1) is 31.4. The summed E-state index contributed by atoms with van der Waals surface area (Å²) in [5.74, 6) is 0.507. The van der Waals surface area contributed by atoms with Crippen LogP contribution in [0.4, 0.5) is 0 Å². The van der Waals surface area contributed by atoms with Gasteiger partial charge in [-0.1, -0.05) is 49.9 Å². The molecule has 0 aliphatic carbocycles. The van der Waals surface area contributed by atoms with Crippen molar-refractivity contribution in [2.45, 2.75) is 19.9 Å². The second kappa shape index (κ2) is 16.2. The summed E-state index contributed by atoms with van der Waals surface area (Å²) in [5, 5.41) is 0. The Bertz CT molecular complexity index is 1050. The molecule has 1 amide bonds. The smallest absolute Gasteiger partial charge is 0.523 e. The van der Waals surface area contributed by atoms with Gasteiger partial charge in [0.15, 0.2) is 0 Å². The number of piperazine rings is 1. The molecule has 188 valence electrons. The normalized spacial score (nSPS) is 14.9. The maximum absolute atomic E-state index is 13.0. The molecule has 36 heavy (non-hydrogen) atoms. The molecule has 6 nitrogen and oxygen atoms in total. The van der Waals surface area contributed by atoms with E-state index in [1.807, 2.05) is 42.2 Å². The molecule has 0 saturated carbocycles. The van der Waals surface area contributed by atoms with E-state index in [1.54, 1.807) is 19.3 Å². The predicted molar refractivity (Wildman–Crippen MR) is 145 cm³/mol. The van der Waals surface area contributed by atoms with Crippen molar-refractivity contribution in [3.05, 3.63) is 104 Å². The third-order valence-corrected chi connectivity index (χ3v) is 5.68. The van der Waals surface area contributed by atoms with Gasteiger partial charge < -0.3 is 22.8 Å². The van der Waals surface area contributed by atoms with Crippen LogP contribution >= 0.6 is 0 Å². The van der Waals surface area contributed by atoms with Crippen molar-refractivity contribution in [1.29, 1.82) is 0 Å². The monoisotopic (exact) mass is 710 g/mol. The second-order valence-corrected chi connectivity index (χ2v) is 8.04. The van der Waals surface area contributed by atoms with E-state index in [2.05, 4.69) is 41.8 Å². The van der Waals surface area contributed by atoms with E-state index < -0.39 is 0 Å². The van der Waals surface area contributed by atoms with E-state index >= 15 is 0 Å². The summed E-state index contributed by atoms with van der Waals surface area (Å²) in [5.41, 5.74) is 10.0. The maximum atomic E-state index is 13.0. The quantitative estimate of drug-likeness (QED) is 0.180. The molecule has 2 N–H and O–H groups in total. The minimum absolute atomic E-state index is 0. The number of aliphatic imine (C=N–C) groups is 1. The van der Waals surface area contributed by atoms with Crippen LogP contribution in [-0.4, -0.2) is 54.7 Å². The number of nitrogens with zero attached hydrogens (tertiary/aromatic N) is 3. The minimum atomic E-state index is -0.146. The van der Waals surface area contributed by atoms with Crippen LogP contribution in [0.3, 0.4) is 0 Å². The largest absolute Gasteiger partial charge is 2.00 e. The van der Waals surface area contributed by atoms with Gasteiger partial charge in [-0.3, -0.25) is 14.7 Å². The van der Waals surface area contributed by atoms with Crippen LogP contribution in [0, 0.1) is 44.6 Å². The molecule has 0 spiro atoms. The number of benzene rings is 2. The van der Waals surface area contributed by atoms with Crippen LogP contribution in [0.25, 0.3) is 5.70 Å². The summed E-state index contributed by atoms with van der Waals surface area (Å²) in [6, 6.07) is 19.0. The third-order valence-electron chi connectivity index (χ3n) is 5.68. The first-order chi connectivity index (χ1) is 16.5. The van der Waals surface area contributed by atoms with Gasteiger partial charge in [0.25, 0.3) is 5.91 Å². The number of hydrogen-bond donors (Lipinski definition) is 1. The number of allylic oxidation sites excluding steroid dienone is 3. The molecule has 1 aliphatic heterocycles. The Kier molecular flexibility index (Phi) is 14.2. The SMILES string of the molecule is C=C\C=C(/N=C(\C=C(/N)C(=O)N1CCN(Cc2ccccc2)CC1)CC)c1c[c-]c(OC)cc1.[CH3-].[U+2]. The van der Waals surface area contributed by atoms with Crippen molar-refractivity contribution >= 4 is 17.3 Å². The van der Waals surface area contributed by atoms with Crippen molar-refractivity contribution in [1.82, 2.24) is 9.80 Å². The van der Waals surface area contributed by atoms with Crippen molar-refractivity contribution in [3.63, 3.8) is 0 Å². The summed E-state index contributed by atoms with van der Waals surface area (Å²) in [4.78, 5) is 21.9. The van der Waals surface area contributed by atoms with Crippen molar-refractivity contribution in [2.75, 3.05) is 33.3 Å². The second-order valence-electron chi connectivity index (χ2n) is 8.04. The van der Waals surface area contributed by atoms with E-state index in [9.17, 15) is 4.79 Å². The van der Waals surface area contributed by atoms with Crippen LogP contribution in [0.15, 0.2) is 84.0 Å². The van der Waals surface area contributed by atoms with Crippen LogP contribution in [0.5, 0.6) is 5.75 Å². The Hall–Kier alpha value is -2.59. The summed E-state index contributed by atoms with van der Waals surface area (Å²) in [6.07, 6.45) is 5.82. The van der Waals surface area contributed by atoms with Gasteiger partial charge >= 0.3 is 31.1 Å². The van der Waals surface area contributed by atoms with Crippen LogP contribution in [0.2, 0.25) is 0 Å². The minimum Gasteiger partial charge on any atom is -0.523 e. The molecule has 3 rings (SSSR count). The summed E-state index contributed by atoms with van der Waals surface area (Å²) in [7, 11) is 1.60. The summed E-state index contributed by atoms with van der Waals surface area (Å²) >= 11 is 0. The standard InChI is InChI=1S/C28H33N4O2.CH3.U/c1-4-9-27(23-12-14-25(34-3)15-13-23)30-24(5-2)20-26(29)28(33)32-18-16-31(17-19-32)21-22-10-7-6-8-11-22;;/h4,6-14,20H,1,5,16-19,21,29H2,2-3H3;1H3;/q2*-1;+2/b26-20-,27-9-,30-24-;;. The van der Waals surface area contributed by atoms with E-state index in [0.717, 1.165) is 36.6 Å². The van der Waals surface area contributed by atoms with Gasteiger partial charge in [-0.25, -0.2) is 0 Å². The zero-order chi connectivity index (χ0) is 24.3. The van der Waals surface area contributed by atoms with Gasteiger partial charge in [0.1, 0.15) is 0 Å². The fourth-order valence-corrected chi connectivity index (χ4v) is 3.75. The van der Waals surface area contributed by atoms with Crippen LogP contribution in [-0.2, 0) is 11.3 Å². The molecule has 0 atom stereocenters. The van der Waals surface area contributed by atoms with Gasteiger partial charge in [0, 0.05) is 49.9 Å². The van der Waals surface area contributed by atoms with Gasteiger partial charge in [-0.2, -0.15) is 12.1 Å². The van der Waals surface area contributed by atoms with Gasteiger partial charge in [-0.15, -0.1) is 17.7 Å². The van der Waals surface area contributed by atoms with Crippen LogP contribution in [0.1, 0.15) is 24.5 Å². The Morgan fingerprint density at radius 3 is 2.42 bits per heavy atom. The topological polar surface area (TPSA) is 71.2 Å². The molecule has 1 heterocycles. The molecule has 1 saturated heterocycles. The van der Waals surface area contributed by atoms with Gasteiger partial charge in [-0.05, 0) is 24.1 Å². The van der Waals surface area contributed by atoms with E-state index in [0.29, 0.717) is 25.3 Å². The first-order valence-corrected chi connectivity index (χ1v) is 11.5. The maximum Gasteiger partial charge on any atom is 2.00 e. The number of methoxy groups -OCH3 is 1. The Morgan fingerprint density at radius 2 is 1.86 bits per heavy atom. The number of rotatable bonds is 9. The van der Waals surface area contributed by atoms with Gasteiger partial charge in [0.2, 0.25) is 0 Å². The zero-order valence-electron chi connectivity index (χ0n) is 21.5. The molecule has 2 aromatic rings. The number of nitrogens with two attached hydrogens (primary N) is 1.